The number of anilines is 1. The van der Waals surface area contributed by atoms with Crippen LogP contribution in [-0.4, -0.2) is 59.1 Å². The molecule has 4 heterocycles. The topological polar surface area (TPSA) is 126 Å². The molecular weight excluding hydrogens is 546 g/mol. The monoisotopic (exact) mass is 559 g/mol. The van der Waals surface area contributed by atoms with E-state index in [4.69, 9.17) is 0 Å². The lowest BCUT2D eigenvalue weighted by Crippen LogP contribution is -2.51. The minimum atomic E-state index is -5.96. The summed E-state index contributed by atoms with van der Waals surface area (Å²) in [6.07, 6.45) is -8.85. The number of sulfone groups is 1. The number of amidine groups is 2. The van der Waals surface area contributed by atoms with Crippen molar-refractivity contribution in [2.24, 2.45) is 9.98 Å². The Labute approximate surface area is 201 Å². The highest BCUT2D eigenvalue weighted by Crippen LogP contribution is 2.39. The van der Waals surface area contributed by atoms with Gasteiger partial charge in [0.25, 0.3) is 0 Å². The molecule has 4 rings (SSSR count). The molecule has 2 aromatic heterocycles. The molecule has 2 aromatic rings. The quantitative estimate of drug-likeness (QED) is 0.552. The van der Waals surface area contributed by atoms with Crippen LogP contribution in [0.25, 0.3) is 11.4 Å². The second kappa shape index (κ2) is 8.45. The van der Waals surface area contributed by atoms with Gasteiger partial charge in [-0.3, -0.25) is 10.4 Å². The van der Waals surface area contributed by atoms with E-state index in [1.807, 2.05) is 0 Å². The number of aliphatic imine (C=N–C) groups is 2. The smallest absolute Gasteiger partial charge is 0.329 e. The largest absolute Gasteiger partial charge is 0.471 e. The Hall–Kier alpha value is -3.64. The number of fused-ring (bicyclic) bond motifs is 1. The van der Waals surface area contributed by atoms with Gasteiger partial charge in [0.2, 0.25) is 11.7 Å². The number of halogens is 8. The molecule has 0 amide bonds. The van der Waals surface area contributed by atoms with Crippen LogP contribution in [0, 0.1) is 0 Å². The molecule has 0 radical (unpaired) electrons. The van der Waals surface area contributed by atoms with Gasteiger partial charge < -0.3 is 4.52 Å². The van der Waals surface area contributed by atoms with Crippen molar-refractivity contribution in [3.05, 3.63) is 29.9 Å². The Morgan fingerprint density at radius 2 is 1.78 bits per heavy atom. The van der Waals surface area contributed by atoms with Crippen molar-refractivity contribution >= 4 is 27.3 Å². The zero-order chi connectivity index (χ0) is 27.6. The zero-order valence-electron chi connectivity index (χ0n) is 18.4. The summed E-state index contributed by atoms with van der Waals surface area (Å²) in [5.74, 6) is -10.8. The van der Waals surface area contributed by atoms with Crippen LogP contribution in [0.1, 0.15) is 19.7 Å². The molecule has 37 heavy (non-hydrogen) atoms. The van der Waals surface area contributed by atoms with E-state index in [1.165, 1.54) is 13.8 Å². The predicted molar refractivity (Wildman–Crippen MR) is 109 cm³/mol. The van der Waals surface area contributed by atoms with Crippen molar-refractivity contribution in [1.29, 1.82) is 0 Å². The highest BCUT2D eigenvalue weighted by Gasteiger charge is 2.63. The summed E-state index contributed by atoms with van der Waals surface area (Å²) >= 11 is 0. The summed E-state index contributed by atoms with van der Waals surface area (Å²) in [7, 11) is -4.14. The normalized spacial score (nSPS) is 18.7. The van der Waals surface area contributed by atoms with Crippen molar-refractivity contribution in [1.82, 2.24) is 20.6 Å². The number of nitrogens with zero attached hydrogens (tertiary/aromatic N) is 6. The van der Waals surface area contributed by atoms with Gasteiger partial charge in [-0.05, 0) is 19.1 Å². The average Bonchev–Trinajstić information content (AvgIpc) is 3.45. The summed E-state index contributed by atoms with van der Waals surface area (Å²) < 4.78 is 134. The maximum atomic E-state index is 13.7. The number of nitrogens with one attached hydrogen (secondary N) is 1. The SMILES string of the molecule is CCS(=O)(=O)c1cc(-c2noc(C(F)(F)F)n2)cnc1N1NC2=NC(C(F)(F)C(F)(F)F)=NC2=CC1C. The number of alkyl halides is 8. The average molecular weight is 559 g/mol. The first-order valence-corrected chi connectivity index (χ1v) is 11.7. The zero-order valence-corrected chi connectivity index (χ0v) is 19.2. The first-order valence-electron chi connectivity index (χ1n) is 10.00. The molecule has 0 fully saturated rings. The van der Waals surface area contributed by atoms with Crippen LogP contribution in [0.15, 0.2) is 43.4 Å². The number of rotatable bonds is 5. The molecule has 1 atom stereocenters. The highest BCUT2D eigenvalue weighted by molar-refractivity contribution is 7.91. The molecular formula is C18H13F8N7O3S. The van der Waals surface area contributed by atoms with Gasteiger partial charge in [0.15, 0.2) is 21.5 Å². The molecule has 2 aliphatic heterocycles. The third-order valence-corrected chi connectivity index (χ3v) is 6.79. The molecule has 0 saturated carbocycles. The minimum Gasteiger partial charge on any atom is -0.329 e. The van der Waals surface area contributed by atoms with Gasteiger partial charge in [0.1, 0.15) is 10.6 Å². The molecule has 0 spiro atoms. The van der Waals surface area contributed by atoms with E-state index >= 15 is 0 Å². The van der Waals surface area contributed by atoms with E-state index in [1.54, 1.807) is 0 Å². The van der Waals surface area contributed by atoms with Gasteiger partial charge in [-0.1, -0.05) is 12.1 Å². The molecule has 200 valence electrons. The van der Waals surface area contributed by atoms with Crippen LogP contribution in [0.5, 0.6) is 0 Å². The Kier molecular flexibility index (Phi) is 6.04. The molecule has 0 bridgehead atoms. The van der Waals surface area contributed by atoms with E-state index in [-0.39, 0.29) is 17.1 Å². The summed E-state index contributed by atoms with van der Waals surface area (Å²) in [6.45, 7) is 2.69. The van der Waals surface area contributed by atoms with Gasteiger partial charge in [-0.25, -0.2) is 23.4 Å². The van der Waals surface area contributed by atoms with Crippen molar-refractivity contribution in [2.45, 2.75) is 43.1 Å². The van der Waals surface area contributed by atoms with Crippen molar-refractivity contribution in [3.8, 4) is 11.4 Å². The third-order valence-electron chi connectivity index (χ3n) is 5.06. The Balaban J connectivity index is 1.75. The standard InChI is InChI=1S/C18H13F8N7O3S/c1-3-37(34,35)10-5-8(11-30-15(36-32-11)17(21,22)23)6-27-13(10)33-7(2)4-9-12(31-33)29-14(28-9)16(19,20)18(24,25)26/h4-7H,3H2,1-2H3,(H,28,29,31). The fraction of sp³-hybridized carbons (Fsp3) is 0.389. The number of hydrogen-bond donors (Lipinski definition) is 1. The predicted octanol–water partition coefficient (Wildman–Crippen LogP) is 3.55. The second-order valence-electron chi connectivity index (χ2n) is 7.61. The van der Waals surface area contributed by atoms with Crippen molar-refractivity contribution in [2.75, 3.05) is 10.8 Å². The number of hydrogen-bond acceptors (Lipinski definition) is 10. The van der Waals surface area contributed by atoms with E-state index < -0.39 is 68.2 Å². The van der Waals surface area contributed by atoms with E-state index in [9.17, 15) is 43.5 Å². The van der Waals surface area contributed by atoms with Crippen LogP contribution >= 0.6 is 0 Å². The molecule has 10 nitrogen and oxygen atoms in total. The lowest BCUT2D eigenvalue weighted by Gasteiger charge is -2.34. The maximum absolute atomic E-state index is 13.7. The fourth-order valence-electron chi connectivity index (χ4n) is 3.17. The van der Waals surface area contributed by atoms with E-state index in [0.29, 0.717) is 0 Å². The van der Waals surface area contributed by atoms with Crippen molar-refractivity contribution in [3.63, 3.8) is 0 Å². The van der Waals surface area contributed by atoms with Gasteiger partial charge in [0.05, 0.1) is 11.8 Å². The third kappa shape index (κ3) is 4.62. The number of pyridine rings is 1. The Bertz CT molecular complexity index is 1440. The van der Waals surface area contributed by atoms with Crippen molar-refractivity contribution < 1.29 is 48.1 Å². The highest BCUT2D eigenvalue weighted by atomic mass is 32.2. The van der Waals surface area contributed by atoms with Gasteiger partial charge in [0, 0.05) is 11.8 Å². The van der Waals surface area contributed by atoms with E-state index in [0.717, 1.165) is 23.3 Å². The lowest BCUT2D eigenvalue weighted by atomic mass is 10.2. The van der Waals surface area contributed by atoms with Crippen LogP contribution in [0.2, 0.25) is 0 Å². The lowest BCUT2D eigenvalue weighted by molar-refractivity contribution is -0.249. The molecule has 0 aromatic carbocycles. The summed E-state index contributed by atoms with van der Waals surface area (Å²) in [4.78, 5) is 13.1. The summed E-state index contributed by atoms with van der Waals surface area (Å²) in [5.41, 5.74) is 1.83. The van der Waals surface area contributed by atoms with Crippen LogP contribution in [-0.2, 0) is 16.0 Å². The second-order valence-corrected chi connectivity index (χ2v) is 9.86. The first kappa shape index (κ1) is 26.4. The molecule has 1 N–H and O–H groups in total. The summed E-state index contributed by atoms with van der Waals surface area (Å²) in [6, 6.07) is 0.0124. The molecule has 0 aliphatic carbocycles. The Morgan fingerprint density at radius 1 is 1.11 bits per heavy atom. The molecule has 0 saturated heterocycles. The summed E-state index contributed by atoms with van der Waals surface area (Å²) in [5, 5.41) is 4.19. The number of aromatic nitrogens is 3. The number of hydrazine groups is 1. The fourth-order valence-corrected chi connectivity index (χ4v) is 4.21. The first-order chi connectivity index (χ1) is 17.0. The molecule has 2 aliphatic rings. The molecule has 1 unspecified atom stereocenters. The van der Waals surface area contributed by atoms with E-state index in [2.05, 4.69) is 35.1 Å². The van der Waals surface area contributed by atoms with Crippen LogP contribution in [0.3, 0.4) is 0 Å². The van der Waals surface area contributed by atoms with Crippen LogP contribution < -0.4 is 10.4 Å². The van der Waals surface area contributed by atoms with Gasteiger partial charge >= 0.3 is 24.2 Å². The molecule has 19 heteroatoms. The van der Waals surface area contributed by atoms with Crippen LogP contribution in [0.4, 0.5) is 40.9 Å². The van der Waals surface area contributed by atoms with Gasteiger partial charge in [-0.15, -0.1) is 0 Å². The minimum absolute atomic E-state index is 0.260. The maximum Gasteiger partial charge on any atom is 0.471 e. The Morgan fingerprint density at radius 3 is 2.35 bits per heavy atom. The van der Waals surface area contributed by atoms with Gasteiger partial charge in [-0.2, -0.15) is 40.1 Å².